The summed E-state index contributed by atoms with van der Waals surface area (Å²) in [4.78, 5) is 19.4. The molecule has 2 heterocycles. The van der Waals surface area contributed by atoms with Crippen molar-refractivity contribution < 1.29 is 9.53 Å². The fraction of sp³-hybridized carbons (Fsp3) is 0.158. The number of nitrogens with zero attached hydrogens (tertiary/aromatic N) is 1. The summed E-state index contributed by atoms with van der Waals surface area (Å²) in [7, 11) is 0. The van der Waals surface area contributed by atoms with Gasteiger partial charge in [0, 0.05) is 22.8 Å². The number of pyridine rings is 1. The number of H-pyrrole nitrogens is 1. The number of carbonyl (C=O) groups excluding carboxylic acids is 1. The van der Waals surface area contributed by atoms with Crippen LogP contribution in [0.3, 0.4) is 0 Å². The molecule has 3 rings (SSSR count). The van der Waals surface area contributed by atoms with Gasteiger partial charge < -0.3 is 15.0 Å². The average molecular weight is 319 g/mol. The molecule has 0 radical (unpaired) electrons. The number of carbonyl (C=O) groups is 1. The van der Waals surface area contributed by atoms with Gasteiger partial charge >= 0.3 is 0 Å². The molecule has 1 aromatic carbocycles. The lowest BCUT2D eigenvalue weighted by molar-refractivity contribution is 0.0960. The van der Waals surface area contributed by atoms with Gasteiger partial charge in [-0.25, -0.2) is 0 Å². The molecule has 0 fully saturated rings. The summed E-state index contributed by atoms with van der Waals surface area (Å²) >= 11 is 0. The Kier molecular flexibility index (Phi) is 4.78. The summed E-state index contributed by atoms with van der Waals surface area (Å²) in [5.74, 6) is 6.26. The summed E-state index contributed by atoms with van der Waals surface area (Å²) in [5.41, 5.74) is 2.50. The number of para-hydroxylation sites is 1. The summed E-state index contributed by atoms with van der Waals surface area (Å²) in [5, 5.41) is 3.68. The topological polar surface area (TPSA) is 67.0 Å². The van der Waals surface area contributed by atoms with Gasteiger partial charge in [-0.2, -0.15) is 0 Å². The third-order valence-corrected chi connectivity index (χ3v) is 3.49. The second-order valence-electron chi connectivity index (χ2n) is 5.21. The zero-order valence-electron chi connectivity index (χ0n) is 13.3. The molecule has 0 atom stereocenters. The van der Waals surface area contributed by atoms with E-state index in [2.05, 4.69) is 27.1 Å². The Morgan fingerprint density at radius 1 is 1.25 bits per heavy atom. The van der Waals surface area contributed by atoms with Gasteiger partial charge in [0.15, 0.2) is 0 Å². The second-order valence-corrected chi connectivity index (χ2v) is 5.21. The third kappa shape index (κ3) is 3.73. The Hall–Kier alpha value is -3.26. The quantitative estimate of drug-likeness (QED) is 0.727. The van der Waals surface area contributed by atoms with Crippen molar-refractivity contribution in [2.24, 2.45) is 0 Å². The highest BCUT2D eigenvalue weighted by molar-refractivity contribution is 6.06. The molecule has 0 spiro atoms. The second kappa shape index (κ2) is 7.34. The van der Waals surface area contributed by atoms with E-state index in [1.165, 1.54) is 0 Å². The number of fused-ring (bicyclic) bond motifs is 1. The van der Waals surface area contributed by atoms with Gasteiger partial charge in [0.2, 0.25) is 0 Å². The van der Waals surface area contributed by atoms with Crippen LogP contribution in [0.25, 0.3) is 10.9 Å². The number of aryl methyl sites for hydroxylation is 1. The molecule has 120 valence electrons. The van der Waals surface area contributed by atoms with Crippen LogP contribution in [0, 0.1) is 18.8 Å². The smallest absolute Gasteiger partial charge is 0.254 e. The Labute approximate surface area is 140 Å². The Balaban J connectivity index is 1.48. The number of amides is 1. The maximum atomic E-state index is 12.2. The van der Waals surface area contributed by atoms with Crippen LogP contribution in [0.5, 0.6) is 5.75 Å². The van der Waals surface area contributed by atoms with Gasteiger partial charge in [-0.15, -0.1) is 0 Å². The fourth-order valence-corrected chi connectivity index (χ4v) is 2.25. The van der Waals surface area contributed by atoms with Crippen molar-refractivity contribution in [3.05, 3.63) is 60.0 Å². The number of nitrogens with one attached hydrogen (secondary N) is 2. The standard InChI is InChI=1S/C19H17N3O2/c1-14-8-9-15(12-21-14)24-11-5-4-10-20-19(23)17-13-22-18-7-3-2-6-16(17)18/h2-3,6-9,12-13,22H,10-11H2,1H3,(H,20,23). The normalized spacial score (nSPS) is 10.0. The minimum atomic E-state index is -0.148. The van der Waals surface area contributed by atoms with E-state index in [0.29, 0.717) is 11.3 Å². The van der Waals surface area contributed by atoms with Crippen LogP contribution in [-0.4, -0.2) is 29.0 Å². The number of hydrogen-bond donors (Lipinski definition) is 2. The largest absolute Gasteiger partial charge is 0.479 e. The highest BCUT2D eigenvalue weighted by atomic mass is 16.5. The zero-order chi connectivity index (χ0) is 16.8. The van der Waals surface area contributed by atoms with Gasteiger partial charge in [0.25, 0.3) is 5.91 Å². The first-order valence-electron chi connectivity index (χ1n) is 7.59. The van der Waals surface area contributed by atoms with Crippen molar-refractivity contribution in [1.82, 2.24) is 15.3 Å². The lowest BCUT2D eigenvalue weighted by Crippen LogP contribution is -2.23. The fourth-order valence-electron chi connectivity index (χ4n) is 2.25. The maximum Gasteiger partial charge on any atom is 0.254 e. The first-order chi connectivity index (χ1) is 11.7. The van der Waals surface area contributed by atoms with Gasteiger partial charge in [-0.05, 0) is 25.1 Å². The van der Waals surface area contributed by atoms with Crippen molar-refractivity contribution >= 4 is 16.8 Å². The Bertz CT molecular complexity index is 902. The molecule has 0 unspecified atom stereocenters. The van der Waals surface area contributed by atoms with Crippen LogP contribution in [0.15, 0.2) is 48.8 Å². The maximum absolute atomic E-state index is 12.2. The molecule has 1 amide bonds. The van der Waals surface area contributed by atoms with Crippen LogP contribution in [0.4, 0.5) is 0 Å². The molecule has 2 N–H and O–H groups in total. The molecule has 0 aliphatic heterocycles. The summed E-state index contributed by atoms with van der Waals surface area (Å²) in [6, 6.07) is 11.4. The molecule has 5 heteroatoms. The number of ether oxygens (including phenoxy) is 1. The van der Waals surface area contributed by atoms with Gasteiger partial charge in [0.1, 0.15) is 12.4 Å². The van der Waals surface area contributed by atoms with Crippen LogP contribution in [-0.2, 0) is 0 Å². The van der Waals surface area contributed by atoms with E-state index < -0.39 is 0 Å². The van der Waals surface area contributed by atoms with E-state index in [4.69, 9.17) is 4.74 Å². The van der Waals surface area contributed by atoms with E-state index in [9.17, 15) is 4.79 Å². The third-order valence-electron chi connectivity index (χ3n) is 3.49. The van der Waals surface area contributed by atoms with E-state index in [-0.39, 0.29) is 19.1 Å². The SMILES string of the molecule is Cc1ccc(OCC#CCNC(=O)c2c[nH]c3ccccc23)cn1. The molecule has 0 aliphatic carbocycles. The summed E-state index contributed by atoms with van der Waals surface area (Å²) in [6.07, 6.45) is 3.37. The molecule has 3 aromatic rings. The number of aromatic amines is 1. The van der Waals surface area contributed by atoms with Crippen LogP contribution in [0.2, 0.25) is 0 Å². The van der Waals surface area contributed by atoms with Crippen molar-refractivity contribution in [2.45, 2.75) is 6.92 Å². The monoisotopic (exact) mass is 319 g/mol. The van der Waals surface area contributed by atoms with Gasteiger partial charge in [0.05, 0.1) is 18.3 Å². The lowest BCUT2D eigenvalue weighted by Gasteiger charge is -2.01. The highest BCUT2D eigenvalue weighted by Gasteiger charge is 2.09. The predicted octanol–water partition coefficient (Wildman–Crippen LogP) is 2.68. The van der Waals surface area contributed by atoms with Gasteiger partial charge in [-0.3, -0.25) is 9.78 Å². The van der Waals surface area contributed by atoms with E-state index in [1.807, 2.05) is 43.3 Å². The van der Waals surface area contributed by atoms with Crippen LogP contribution in [0.1, 0.15) is 16.1 Å². The molecule has 0 bridgehead atoms. The van der Waals surface area contributed by atoms with Crippen LogP contribution >= 0.6 is 0 Å². The van der Waals surface area contributed by atoms with Crippen LogP contribution < -0.4 is 10.1 Å². The molecule has 0 saturated heterocycles. The molecule has 2 aromatic heterocycles. The van der Waals surface area contributed by atoms with Crippen molar-refractivity contribution in [3.63, 3.8) is 0 Å². The Morgan fingerprint density at radius 2 is 2.12 bits per heavy atom. The van der Waals surface area contributed by atoms with E-state index >= 15 is 0 Å². The molecule has 5 nitrogen and oxygen atoms in total. The molecular formula is C19H17N3O2. The first kappa shape index (κ1) is 15.6. The van der Waals surface area contributed by atoms with Crippen molar-refractivity contribution in [1.29, 1.82) is 0 Å². The number of aromatic nitrogens is 2. The molecular weight excluding hydrogens is 302 g/mol. The van der Waals surface area contributed by atoms with Gasteiger partial charge in [-0.1, -0.05) is 30.0 Å². The van der Waals surface area contributed by atoms with E-state index in [1.54, 1.807) is 12.4 Å². The van der Waals surface area contributed by atoms with Crippen molar-refractivity contribution in [2.75, 3.05) is 13.2 Å². The predicted molar refractivity (Wildman–Crippen MR) is 92.9 cm³/mol. The number of rotatable bonds is 4. The average Bonchev–Trinajstić information content (AvgIpc) is 3.03. The summed E-state index contributed by atoms with van der Waals surface area (Å²) < 4.78 is 5.44. The number of hydrogen-bond acceptors (Lipinski definition) is 3. The molecule has 24 heavy (non-hydrogen) atoms. The van der Waals surface area contributed by atoms with E-state index in [0.717, 1.165) is 16.6 Å². The first-order valence-corrected chi connectivity index (χ1v) is 7.59. The molecule has 0 aliphatic rings. The Morgan fingerprint density at radius 3 is 2.96 bits per heavy atom. The minimum absolute atomic E-state index is 0.148. The minimum Gasteiger partial charge on any atom is -0.479 e. The number of benzene rings is 1. The summed E-state index contributed by atoms with van der Waals surface area (Å²) in [6.45, 7) is 2.45. The lowest BCUT2D eigenvalue weighted by atomic mass is 10.1. The zero-order valence-corrected chi connectivity index (χ0v) is 13.3. The van der Waals surface area contributed by atoms with Crippen molar-refractivity contribution in [3.8, 4) is 17.6 Å². The molecule has 0 saturated carbocycles. The highest BCUT2D eigenvalue weighted by Crippen LogP contribution is 2.17.